The summed E-state index contributed by atoms with van der Waals surface area (Å²) in [6, 6.07) is 2.27. The van der Waals surface area contributed by atoms with E-state index >= 15 is 0 Å². The molecule has 3 rings (SSSR count). The van der Waals surface area contributed by atoms with E-state index in [-0.39, 0.29) is 0 Å². The predicted molar refractivity (Wildman–Crippen MR) is 73.3 cm³/mol. The van der Waals surface area contributed by atoms with Crippen LogP contribution in [0.4, 0.5) is 5.82 Å². The summed E-state index contributed by atoms with van der Waals surface area (Å²) in [7, 11) is 0. The molecule has 1 saturated carbocycles. The van der Waals surface area contributed by atoms with Crippen LogP contribution in [0.15, 0.2) is 16.7 Å². The van der Waals surface area contributed by atoms with Crippen molar-refractivity contribution in [1.29, 1.82) is 0 Å². The van der Waals surface area contributed by atoms with Crippen molar-refractivity contribution < 1.29 is 0 Å². The van der Waals surface area contributed by atoms with Crippen molar-refractivity contribution in [1.82, 2.24) is 4.98 Å². The SMILES string of the molecule is NC1CCC2CN(c3ncc(Cl)cc3Br)CC12. The third-order valence-electron chi connectivity index (χ3n) is 4.00. The number of rotatable bonds is 1. The van der Waals surface area contributed by atoms with Gasteiger partial charge in [-0.1, -0.05) is 11.6 Å². The second-order valence-corrected chi connectivity index (χ2v) is 6.32. The Labute approximate surface area is 114 Å². The molecule has 1 aromatic heterocycles. The molecule has 1 aliphatic heterocycles. The Hall–Kier alpha value is -0.320. The highest BCUT2D eigenvalue weighted by Gasteiger charge is 2.41. The molecule has 2 aliphatic rings. The first-order valence-electron chi connectivity index (χ1n) is 5.96. The maximum absolute atomic E-state index is 6.14. The van der Waals surface area contributed by atoms with Crippen LogP contribution in [0.1, 0.15) is 12.8 Å². The average Bonchev–Trinajstić information content (AvgIpc) is 2.81. The summed E-state index contributed by atoms with van der Waals surface area (Å²) in [4.78, 5) is 6.75. The van der Waals surface area contributed by atoms with Crippen molar-refractivity contribution in [3.8, 4) is 0 Å². The molecular formula is C12H15BrClN3. The fourth-order valence-electron chi connectivity index (χ4n) is 3.12. The molecule has 0 amide bonds. The third kappa shape index (κ3) is 2.07. The number of pyridine rings is 1. The van der Waals surface area contributed by atoms with Gasteiger partial charge in [-0.05, 0) is 46.7 Å². The van der Waals surface area contributed by atoms with E-state index in [1.807, 2.05) is 6.07 Å². The molecule has 1 aromatic rings. The van der Waals surface area contributed by atoms with Crippen molar-refractivity contribution in [2.45, 2.75) is 18.9 Å². The molecule has 3 atom stereocenters. The fourth-order valence-corrected chi connectivity index (χ4v) is 4.01. The molecule has 0 radical (unpaired) electrons. The quantitative estimate of drug-likeness (QED) is 0.866. The Morgan fingerprint density at radius 1 is 1.41 bits per heavy atom. The molecule has 1 saturated heterocycles. The van der Waals surface area contributed by atoms with Crippen LogP contribution < -0.4 is 10.6 Å². The summed E-state index contributed by atoms with van der Waals surface area (Å²) in [6.07, 6.45) is 4.14. The molecule has 0 spiro atoms. The highest BCUT2D eigenvalue weighted by Crippen LogP contribution is 2.40. The molecule has 2 heterocycles. The van der Waals surface area contributed by atoms with Gasteiger partial charge in [0, 0.05) is 25.3 Å². The fraction of sp³-hybridized carbons (Fsp3) is 0.583. The highest BCUT2D eigenvalue weighted by atomic mass is 79.9. The van der Waals surface area contributed by atoms with Crippen LogP contribution in [0.5, 0.6) is 0 Å². The lowest BCUT2D eigenvalue weighted by Gasteiger charge is -2.20. The lowest BCUT2D eigenvalue weighted by atomic mass is 9.98. The Kier molecular flexibility index (Phi) is 3.05. The minimum absolute atomic E-state index is 0.371. The Morgan fingerprint density at radius 2 is 2.24 bits per heavy atom. The van der Waals surface area contributed by atoms with Gasteiger partial charge >= 0.3 is 0 Å². The van der Waals surface area contributed by atoms with Crippen LogP contribution in [0, 0.1) is 11.8 Å². The van der Waals surface area contributed by atoms with Crippen LogP contribution in [-0.2, 0) is 0 Å². The maximum Gasteiger partial charge on any atom is 0.142 e. The lowest BCUT2D eigenvalue weighted by molar-refractivity contribution is 0.453. The number of nitrogens with two attached hydrogens (primary N) is 1. The third-order valence-corrected chi connectivity index (χ3v) is 4.79. The monoisotopic (exact) mass is 315 g/mol. The van der Waals surface area contributed by atoms with E-state index in [1.54, 1.807) is 6.20 Å². The number of anilines is 1. The largest absolute Gasteiger partial charge is 0.355 e. The van der Waals surface area contributed by atoms with Crippen LogP contribution in [0.25, 0.3) is 0 Å². The van der Waals surface area contributed by atoms with Gasteiger partial charge in [0.25, 0.3) is 0 Å². The molecule has 92 valence electrons. The second kappa shape index (κ2) is 4.41. The first-order valence-corrected chi connectivity index (χ1v) is 7.14. The molecule has 5 heteroatoms. The normalized spacial score (nSPS) is 31.9. The van der Waals surface area contributed by atoms with Crippen molar-refractivity contribution >= 4 is 33.3 Å². The van der Waals surface area contributed by atoms with E-state index in [1.165, 1.54) is 12.8 Å². The first-order chi connectivity index (χ1) is 8.15. The summed E-state index contributed by atoms with van der Waals surface area (Å²) in [5, 5.41) is 0.664. The van der Waals surface area contributed by atoms with Gasteiger partial charge in [0.15, 0.2) is 0 Å². The van der Waals surface area contributed by atoms with E-state index in [0.717, 1.165) is 29.3 Å². The summed E-state index contributed by atoms with van der Waals surface area (Å²) in [6.45, 7) is 2.10. The molecule has 2 fully saturated rings. The Morgan fingerprint density at radius 3 is 2.94 bits per heavy atom. The van der Waals surface area contributed by atoms with Crippen molar-refractivity contribution in [2.75, 3.05) is 18.0 Å². The number of aromatic nitrogens is 1. The molecular weight excluding hydrogens is 302 g/mol. The Bertz CT molecular complexity index is 440. The van der Waals surface area contributed by atoms with Crippen molar-refractivity contribution in [2.24, 2.45) is 17.6 Å². The molecule has 1 aliphatic carbocycles. The zero-order valence-electron chi connectivity index (χ0n) is 9.44. The van der Waals surface area contributed by atoms with Gasteiger partial charge in [-0.25, -0.2) is 4.98 Å². The minimum Gasteiger partial charge on any atom is -0.355 e. The van der Waals surface area contributed by atoms with Crippen molar-refractivity contribution in [3.63, 3.8) is 0 Å². The average molecular weight is 317 g/mol. The smallest absolute Gasteiger partial charge is 0.142 e. The van der Waals surface area contributed by atoms with Gasteiger partial charge in [-0.2, -0.15) is 0 Å². The molecule has 17 heavy (non-hydrogen) atoms. The maximum atomic E-state index is 6.14. The van der Waals surface area contributed by atoms with E-state index in [4.69, 9.17) is 17.3 Å². The van der Waals surface area contributed by atoms with Crippen LogP contribution in [0.3, 0.4) is 0 Å². The number of halogens is 2. The first kappa shape index (κ1) is 11.8. The van der Waals surface area contributed by atoms with Gasteiger partial charge in [0.05, 0.1) is 9.50 Å². The zero-order valence-corrected chi connectivity index (χ0v) is 11.8. The van der Waals surface area contributed by atoms with Gasteiger partial charge in [0.2, 0.25) is 0 Å². The molecule has 0 bridgehead atoms. The minimum atomic E-state index is 0.371. The van der Waals surface area contributed by atoms with Gasteiger partial charge < -0.3 is 10.6 Å². The van der Waals surface area contributed by atoms with Gasteiger partial charge in [0.1, 0.15) is 5.82 Å². The van der Waals surface area contributed by atoms with E-state index < -0.39 is 0 Å². The number of hydrogen-bond acceptors (Lipinski definition) is 3. The summed E-state index contributed by atoms with van der Waals surface area (Å²) in [5.74, 6) is 2.38. The van der Waals surface area contributed by atoms with Crippen molar-refractivity contribution in [3.05, 3.63) is 21.8 Å². The Balaban J connectivity index is 1.83. The lowest BCUT2D eigenvalue weighted by Crippen LogP contribution is -2.30. The van der Waals surface area contributed by atoms with Gasteiger partial charge in [-0.15, -0.1) is 0 Å². The summed E-state index contributed by atoms with van der Waals surface area (Å²) >= 11 is 9.44. The van der Waals surface area contributed by atoms with Crippen LogP contribution in [-0.4, -0.2) is 24.1 Å². The summed E-state index contributed by atoms with van der Waals surface area (Å²) in [5.41, 5.74) is 6.14. The van der Waals surface area contributed by atoms with E-state index in [2.05, 4.69) is 25.8 Å². The van der Waals surface area contributed by atoms with Gasteiger partial charge in [-0.3, -0.25) is 0 Å². The second-order valence-electron chi connectivity index (χ2n) is 5.03. The number of hydrogen-bond donors (Lipinski definition) is 1. The number of fused-ring (bicyclic) bond motifs is 1. The standard InChI is InChI=1S/C12H15BrClN3/c13-10-3-8(14)4-16-12(10)17-5-7-1-2-11(15)9(7)6-17/h3-4,7,9,11H,1-2,5-6,15H2. The highest BCUT2D eigenvalue weighted by molar-refractivity contribution is 9.10. The number of nitrogens with zero attached hydrogens (tertiary/aromatic N) is 2. The van der Waals surface area contributed by atoms with E-state index in [0.29, 0.717) is 17.0 Å². The van der Waals surface area contributed by atoms with Crippen LogP contribution in [0.2, 0.25) is 5.02 Å². The molecule has 0 aromatic carbocycles. The summed E-state index contributed by atoms with van der Waals surface area (Å²) < 4.78 is 0.971. The molecule has 3 unspecified atom stereocenters. The molecule has 2 N–H and O–H groups in total. The topological polar surface area (TPSA) is 42.1 Å². The predicted octanol–water partition coefficient (Wildman–Crippen LogP) is 2.67. The van der Waals surface area contributed by atoms with Crippen LogP contribution >= 0.6 is 27.5 Å². The zero-order chi connectivity index (χ0) is 12.0. The van der Waals surface area contributed by atoms with E-state index in [9.17, 15) is 0 Å². The molecule has 3 nitrogen and oxygen atoms in total.